The second-order valence-electron chi connectivity index (χ2n) is 7.84. The van der Waals surface area contributed by atoms with Crippen molar-refractivity contribution < 1.29 is 14.2 Å². The first-order valence-electron chi connectivity index (χ1n) is 10.9. The van der Waals surface area contributed by atoms with E-state index in [2.05, 4.69) is 20.9 Å². The Morgan fingerprint density at radius 3 is 2.67 bits per heavy atom. The molecule has 4 rings (SSSR count). The van der Waals surface area contributed by atoms with Gasteiger partial charge < -0.3 is 18.8 Å². The van der Waals surface area contributed by atoms with Crippen LogP contribution >= 0.6 is 27.5 Å². The number of ether oxygens (including phenoxy) is 3. The minimum absolute atomic E-state index is 0.130. The van der Waals surface area contributed by atoms with Crippen LogP contribution in [0.1, 0.15) is 24.8 Å². The number of halogens is 2. The predicted molar refractivity (Wildman–Crippen MR) is 128 cm³/mol. The van der Waals surface area contributed by atoms with Crippen LogP contribution in [0.15, 0.2) is 38.6 Å². The second kappa shape index (κ2) is 11.0. The monoisotopic (exact) mass is 540 g/mol. The van der Waals surface area contributed by atoms with Gasteiger partial charge in [0.25, 0.3) is 5.56 Å². The summed E-state index contributed by atoms with van der Waals surface area (Å²) in [4.78, 5) is 30.5. The molecule has 1 saturated heterocycles. The molecule has 2 aromatic heterocycles. The highest BCUT2D eigenvalue weighted by Crippen LogP contribution is 2.19. The van der Waals surface area contributed by atoms with E-state index in [1.807, 2.05) is 12.1 Å². The molecule has 1 aliphatic heterocycles. The second-order valence-corrected chi connectivity index (χ2v) is 8.99. The average molecular weight is 542 g/mol. The number of benzene rings is 1. The van der Waals surface area contributed by atoms with E-state index in [9.17, 15) is 9.59 Å². The number of nitrogens with zero attached hydrogens (tertiary/aromatic N) is 4. The minimum atomic E-state index is -0.438. The number of aromatic nitrogens is 4. The van der Waals surface area contributed by atoms with Gasteiger partial charge in [-0.2, -0.15) is 0 Å². The number of hydrogen-bond donors (Lipinski definition) is 0. The van der Waals surface area contributed by atoms with Crippen LogP contribution in [0.3, 0.4) is 0 Å². The average Bonchev–Trinajstić information content (AvgIpc) is 3.15. The Balaban J connectivity index is 1.47. The van der Waals surface area contributed by atoms with Gasteiger partial charge in [-0.15, -0.1) is 0 Å². The zero-order valence-electron chi connectivity index (χ0n) is 18.3. The van der Waals surface area contributed by atoms with Crippen molar-refractivity contribution in [2.45, 2.75) is 38.6 Å². The zero-order chi connectivity index (χ0) is 23.4. The molecule has 3 heterocycles. The van der Waals surface area contributed by atoms with Gasteiger partial charge in [-0.25, -0.2) is 9.78 Å². The first-order chi connectivity index (χ1) is 16.0. The maximum atomic E-state index is 13.3. The maximum absolute atomic E-state index is 13.3. The molecule has 0 N–H and O–H groups in total. The molecule has 1 unspecified atom stereocenters. The Hall–Kier alpha value is -1.98. The molecule has 0 radical (unpaired) electrons. The third kappa shape index (κ3) is 5.58. The summed E-state index contributed by atoms with van der Waals surface area (Å²) in [7, 11) is 1.60. The van der Waals surface area contributed by atoms with Crippen LogP contribution in [0.5, 0.6) is 0 Å². The van der Waals surface area contributed by atoms with Crippen molar-refractivity contribution in [3.8, 4) is 0 Å². The molecule has 1 atom stereocenters. The van der Waals surface area contributed by atoms with Crippen molar-refractivity contribution >= 4 is 38.7 Å². The maximum Gasteiger partial charge on any atom is 0.332 e. The molecule has 9 nitrogen and oxygen atoms in total. The highest BCUT2D eigenvalue weighted by Gasteiger charge is 2.19. The fourth-order valence-corrected chi connectivity index (χ4v) is 4.39. The Kier molecular flexibility index (Phi) is 8.02. The SMILES string of the molecule is Cn1c(=O)n(CCOCCOC2CCCCO2)c(=O)c2c1nc(Br)n2Cc1ccc(Cl)cc1. The molecule has 1 aromatic carbocycles. The lowest BCUT2D eigenvalue weighted by molar-refractivity contribution is -0.169. The Morgan fingerprint density at radius 2 is 1.94 bits per heavy atom. The first kappa shape index (κ1) is 24.2. The molecular weight excluding hydrogens is 516 g/mol. The van der Waals surface area contributed by atoms with Crippen LogP contribution < -0.4 is 11.2 Å². The first-order valence-corrected chi connectivity index (χ1v) is 12.0. The Morgan fingerprint density at radius 1 is 1.15 bits per heavy atom. The van der Waals surface area contributed by atoms with Gasteiger partial charge in [0.1, 0.15) is 0 Å². The number of fused-ring (bicyclic) bond motifs is 1. The van der Waals surface area contributed by atoms with Gasteiger partial charge >= 0.3 is 5.69 Å². The van der Waals surface area contributed by atoms with Crippen molar-refractivity contribution in [1.29, 1.82) is 0 Å². The smallest absolute Gasteiger partial charge is 0.332 e. The molecule has 1 aliphatic rings. The van der Waals surface area contributed by atoms with E-state index >= 15 is 0 Å². The summed E-state index contributed by atoms with van der Waals surface area (Å²) in [5, 5.41) is 0.634. The molecule has 0 spiro atoms. The van der Waals surface area contributed by atoms with E-state index < -0.39 is 11.2 Å². The van der Waals surface area contributed by atoms with Gasteiger partial charge in [0.05, 0.1) is 32.9 Å². The molecule has 178 valence electrons. The quantitative estimate of drug-likeness (QED) is 0.306. The number of imidazole rings is 1. The van der Waals surface area contributed by atoms with Crippen LogP contribution in [-0.2, 0) is 34.3 Å². The molecule has 0 aliphatic carbocycles. The van der Waals surface area contributed by atoms with Crippen LogP contribution in [0.4, 0.5) is 0 Å². The third-order valence-electron chi connectivity index (χ3n) is 5.57. The van der Waals surface area contributed by atoms with Gasteiger partial charge in [0.15, 0.2) is 22.2 Å². The summed E-state index contributed by atoms with van der Waals surface area (Å²) in [5.41, 5.74) is 0.771. The lowest BCUT2D eigenvalue weighted by atomic mass is 10.2. The van der Waals surface area contributed by atoms with E-state index in [1.54, 1.807) is 23.7 Å². The highest BCUT2D eigenvalue weighted by atomic mass is 79.9. The molecule has 1 fully saturated rings. The fraction of sp³-hybridized carbons (Fsp3) is 0.500. The highest BCUT2D eigenvalue weighted by molar-refractivity contribution is 9.10. The number of rotatable bonds is 9. The predicted octanol–water partition coefficient (Wildman–Crippen LogP) is 2.92. The van der Waals surface area contributed by atoms with E-state index in [1.165, 1.54) is 9.13 Å². The summed E-state index contributed by atoms with van der Waals surface area (Å²) in [6, 6.07) is 7.35. The lowest BCUT2D eigenvalue weighted by Crippen LogP contribution is -2.40. The van der Waals surface area contributed by atoms with E-state index in [0.717, 1.165) is 31.4 Å². The largest absolute Gasteiger partial charge is 0.377 e. The van der Waals surface area contributed by atoms with Crippen molar-refractivity contribution in [1.82, 2.24) is 18.7 Å². The van der Waals surface area contributed by atoms with Crippen LogP contribution in [-0.4, -0.2) is 51.4 Å². The molecular formula is C22H26BrClN4O5. The molecule has 11 heteroatoms. The Bertz CT molecular complexity index is 1210. The summed E-state index contributed by atoms with van der Waals surface area (Å²) < 4.78 is 21.5. The van der Waals surface area contributed by atoms with Gasteiger partial charge in [0.2, 0.25) is 0 Å². The third-order valence-corrected chi connectivity index (χ3v) is 6.43. The number of aryl methyl sites for hydroxylation is 1. The molecule has 0 amide bonds. The van der Waals surface area contributed by atoms with Gasteiger partial charge in [-0.3, -0.25) is 13.9 Å². The molecule has 33 heavy (non-hydrogen) atoms. The molecule has 0 bridgehead atoms. The summed E-state index contributed by atoms with van der Waals surface area (Å²) in [5.74, 6) is 0. The Labute approximate surface area is 204 Å². The topological polar surface area (TPSA) is 89.5 Å². The van der Waals surface area contributed by atoms with E-state index in [-0.39, 0.29) is 19.4 Å². The summed E-state index contributed by atoms with van der Waals surface area (Å²) in [6.45, 7) is 2.23. The fourth-order valence-electron chi connectivity index (χ4n) is 3.80. The molecule has 0 saturated carbocycles. The van der Waals surface area contributed by atoms with Gasteiger partial charge in [0, 0.05) is 18.7 Å². The van der Waals surface area contributed by atoms with Crippen molar-refractivity contribution in [2.75, 3.05) is 26.4 Å². The lowest BCUT2D eigenvalue weighted by Gasteiger charge is -2.22. The standard InChI is InChI=1S/C22H26BrClN4O5/c1-26-19-18(28(21(23)25-19)14-15-5-7-16(24)8-6-15)20(29)27(22(26)30)9-11-31-12-13-33-17-4-2-3-10-32-17/h5-8,17H,2-4,9-14H2,1H3. The van der Waals surface area contributed by atoms with Crippen LogP contribution in [0.25, 0.3) is 11.2 Å². The van der Waals surface area contributed by atoms with Crippen LogP contribution in [0.2, 0.25) is 5.02 Å². The van der Waals surface area contributed by atoms with E-state index in [4.69, 9.17) is 25.8 Å². The minimum Gasteiger partial charge on any atom is -0.377 e. The molecule has 3 aromatic rings. The van der Waals surface area contributed by atoms with Gasteiger partial charge in [-0.05, 0) is 52.9 Å². The van der Waals surface area contributed by atoms with E-state index in [0.29, 0.717) is 40.7 Å². The summed E-state index contributed by atoms with van der Waals surface area (Å²) in [6.07, 6.45) is 2.90. The van der Waals surface area contributed by atoms with Crippen molar-refractivity contribution in [3.63, 3.8) is 0 Å². The zero-order valence-corrected chi connectivity index (χ0v) is 20.7. The summed E-state index contributed by atoms with van der Waals surface area (Å²) >= 11 is 9.40. The van der Waals surface area contributed by atoms with Crippen molar-refractivity contribution in [2.24, 2.45) is 7.05 Å². The number of hydrogen-bond acceptors (Lipinski definition) is 6. The van der Waals surface area contributed by atoms with Crippen molar-refractivity contribution in [3.05, 3.63) is 60.4 Å². The normalized spacial score (nSPS) is 16.5. The van der Waals surface area contributed by atoms with Gasteiger partial charge in [-0.1, -0.05) is 23.7 Å². The van der Waals surface area contributed by atoms with Crippen LogP contribution in [0, 0.1) is 0 Å².